The summed E-state index contributed by atoms with van der Waals surface area (Å²) in [6, 6.07) is 12.6. The van der Waals surface area contributed by atoms with E-state index in [1.165, 1.54) is 11.1 Å². The molecule has 2 aromatic carbocycles. The van der Waals surface area contributed by atoms with Gasteiger partial charge < -0.3 is 5.73 Å². The zero-order chi connectivity index (χ0) is 14.2. The maximum atomic E-state index is 12.5. The molecule has 0 amide bonds. The highest BCUT2D eigenvalue weighted by Crippen LogP contribution is 2.26. The molecular formula is C16H17NO2S. The molecule has 0 fully saturated rings. The number of fused-ring (bicyclic) bond motifs is 1. The number of nitrogens with two attached hydrogens (primary N) is 1. The van der Waals surface area contributed by atoms with Crippen molar-refractivity contribution in [1.29, 1.82) is 0 Å². The van der Waals surface area contributed by atoms with Gasteiger partial charge in [-0.05, 0) is 60.2 Å². The van der Waals surface area contributed by atoms with Crippen molar-refractivity contribution < 1.29 is 8.42 Å². The van der Waals surface area contributed by atoms with E-state index in [0.717, 1.165) is 24.8 Å². The Balaban J connectivity index is 1.92. The normalized spacial score (nSPS) is 14.2. The lowest BCUT2D eigenvalue weighted by Crippen LogP contribution is -2.06. The Kier molecular flexibility index (Phi) is 3.26. The van der Waals surface area contributed by atoms with E-state index in [4.69, 9.17) is 5.73 Å². The Morgan fingerprint density at radius 1 is 1.00 bits per heavy atom. The molecule has 0 unspecified atom stereocenters. The molecule has 0 spiro atoms. The van der Waals surface area contributed by atoms with Gasteiger partial charge in [0.25, 0.3) is 0 Å². The minimum atomic E-state index is -3.31. The van der Waals surface area contributed by atoms with E-state index >= 15 is 0 Å². The summed E-state index contributed by atoms with van der Waals surface area (Å²) < 4.78 is 24.9. The fourth-order valence-corrected chi connectivity index (χ4v) is 4.11. The van der Waals surface area contributed by atoms with Gasteiger partial charge in [0.05, 0.1) is 10.6 Å². The molecule has 1 aliphatic rings. The van der Waals surface area contributed by atoms with Crippen molar-refractivity contribution >= 4 is 15.5 Å². The van der Waals surface area contributed by atoms with Crippen LogP contribution in [0.2, 0.25) is 0 Å². The van der Waals surface area contributed by atoms with Crippen molar-refractivity contribution in [2.75, 3.05) is 5.73 Å². The van der Waals surface area contributed by atoms with Crippen molar-refractivity contribution in [2.45, 2.75) is 29.9 Å². The van der Waals surface area contributed by atoms with Crippen molar-refractivity contribution in [3.8, 4) is 0 Å². The Labute approximate surface area is 119 Å². The van der Waals surface area contributed by atoms with Crippen molar-refractivity contribution in [3.63, 3.8) is 0 Å². The Morgan fingerprint density at radius 2 is 1.80 bits per heavy atom. The fraction of sp³-hybridized carbons (Fsp3) is 0.250. The van der Waals surface area contributed by atoms with Gasteiger partial charge >= 0.3 is 0 Å². The number of aryl methyl sites for hydroxylation is 2. The molecule has 0 saturated carbocycles. The van der Waals surface area contributed by atoms with E-state index in [2.05, 4.69) is 0 Å². The smallest absolute Gasteiger partial charge is 0.182 e. The van der Waals surface area contributed by atoms with Crippen LogP contribution in [-0.4, -0.2) is 8.42 Å². The van der Waals surface area contributed by atoms with Gasteiger partial charge in [0, 0.05) is 5.69 Å². The van der Waals surface area contributed by atoms with Gasteiger partial charge in [-0.1, -0.05) is 18.2 Å². The molecule has 0 atom stereocenters. The average molecular weight is 287 g/mol. The summed E-state index contributed by atoms with van der Waals surface area (Å²) in [5, 5.41) is 0. The number of nitrogen functional groups attached to an aromatic ring is 1. The van der Waals surface area contributed by atoms with E-state index < -0.39 is 9.84 Å². The molecule has 0 aliphatic heterocycles. The lowest BCUT2D eigenvalue weighted by Gasteiger charge is -2.07. The molecule has 0 heterocycles. The maximum Gasteiger partial charge on any atom is 0.182 e. The summed E-state index contributed by atoms with van der Waals surface area (Å²) in [6.45, 7) is 0. The van der Waals surface area contributed by atoms with Crippen molar-refractivity contribution in [1.82, 2.24) is 0 Å². The number of hydrogen-bond acceptors (Lipinski definition) is 3. The zero-order valence-electron chi connectivity index (χ0n) is 11.2. The van der Waals surface area contributed by atoms with Crippen LogP contribution in [0.1, 0.15) is 23.1 Å². The van der Waals surface area contributed by atoms with Crippen LogP contribution >= 0.6 is 0 Å². The molecule has 3 rings (SSSR count). The molecule has 104 valence electrons. The van der Waals surface area contributed by atoms with Crippen LogP contribution < -0.4 is 5.73 Å². The third-order valence-corrected chi connectivity index (χ3v) is 5.42. The standard InChI is InChI=1S/C16H17NO2S/c17-15-6-1-3-12(9-15)11-20(18,19)16-8-7-13-4-2-5-14(13)10-16/h1,3,6-10H,2,4-5,11,17H2. The van der Waals surface area contributed by atoms with Crippen LogP contribution in [0.3, 0.4) is 0 Å². The highest BCUT2D eigenvalue weighted by atomic mass is 32.2. The van der Waals surface area contributed by atoms with E-state index in [0.29, 0.717) is 10.6 Å². The van der Waals surface area contributed by atoms with Crippen LogP contribution in [-0.2, 0) is 28.4 Å². The molecule has 2 aromatic rings. The predicted molar refractivity (Wildman–Crippen MR) is 80.2 cm³/mol. The summed E-state index contributed by atoms with van der Waals surface area (Å²) in [4.78, 5) is 0.417. The van der Waals surface area contributed by atoms with Gasteiger partial charge in [0.1, 0.15) is 0 Å². The van der Waals surface area contributed by atoms with Crippen molar-refractivity contribution in [3.05, 3.63) is 59.2 Å². The van der Waals surface area contributed by atoms with E-state index in [1.54, 1.807) is 30.3 Å². The average Bonchev–Trinajstić information content (AvgIpc) is 2.85. The van der Waals surface area contributed by atoms with Crippen LogP contribution in [0.5, 0.6) is 0 Å². The predicted octanol–water partition coefficient (Wildman–Crippen LogP) is 2.73. The first-order valence-electron chi connectivity index (χ1n) is 6.73. The van der Waals surface area contributed by atoms with Gasteiger partial charge in [-0.3, -0.25) is 0 Å². The molecule has 1 aliphatic carbocycles. The number of hydrogen-bond donors (Lipinski definition) is 1. The second-order valence-corrected chi connectivity index (χ2v) is 7.28. The SMILES string of the molecule is Nc1cccc(CS(=O)(=O)c2ccc3c(c2)CCC3)c1. The van der Waals surface area contributed by atoms with Gasteiger partial charge in [0.15, 0.2) is 9.84 Å². The Hall–Kier alpha value is -1.81. The topological polar surface area (TPSA) is 60.2 Å². The summed E-state index contributed by atoms with van der Waals surface area (Å²) in [6.07, 6.45) is 3.16. The van der Waals surface area contributed by atoms with E-state index in [-0.39, 0.29) is 5.75 Å². The van der Waals surface area contributed by atoms with Crippen LogP contribution in [0.4, 0.5) is 5.69 Å². The lowest BCUT2D eigenvalue weighted by atomic mass is 10.1. The van der Waals surface area contributed by atoms with Crippen LogP contribution in [0.25, 0.3) is 0 Å². The Morgan fingerprint density at radius 3 is 2.60 bits per heavy atom. The second kappa shape index (κ2) is 4.94. The largest absolute Gasteiger partial charge is 0.399 e. The monoisotopic (exact) mass is 287 g/mol. The number of rotatable bonds is 3. The highest BCUT2D eigenvalue weighted by molar-refractivity contribution is 7.90. The summed E-state index contributed by atoms with van der Waals surface area (Å²) in [5.41, 5.74) is 9.48. The molecule has 3 nitrogen and oxygen atoms in total. The first-order chi connectivity index (χ1) is 9.54. The first-order valence-corrected chi connectivity index (χ1v) is 8.39. The van der Waals surface area contributed by atoms with E-state index in [9.17, 15) is 8.42 Å². The van der Waals surface area contributed by atoms with Gasteiger partial charge in [-0.2, -0.15) is 0 Å². The quantitative estimate of drug-likeness (QED) is 0.883. The summed E-state index contributed by atoms with van der Waals surface area (Å²) in [7, 11) is -3.31. The first kappa shape index (κ1) is 13.2. The van der Waals surface area contributed by atoms with Crippen LogP contribution in [0, 0.1) is 0 Å². The molecule has 0 saturated heterocycles. The molecular weight excluding hydrogens is 270 g/mol. The molecule has 0 radical (unpaired) electrons. The summed E-state index contributed by atoms with van der Waals surface area (Å²) >= 11 is 0. The molecule has 20 heavy (non-hydrogen) atoms. The maximum absolute atomic E-state index is 12.5. The molecule has 0 aromatic heterocycles. The molecule has 4 heteroatoms. The van der Waals surface area contributed by atoms with Gasteiger partial charge in [-0.15, -0.1) is 0 Å². The Bertz CT molecular complexity index is 751. The highest BCUT2D eigenvalue weighted by Gasteiger charge is 2.19. The minimum Gasteiger partial charge on any atom is -0.399 e. The second-order valence-electron chi connectivity index (χ2n) is 5.29. The van der Waals surface area contributed by atoms with E-state index in [1.807, 2.05) is 12.1 Å². The zero-order valence-corrected chi connectivity index (χ0v) is 12.0. The third kappa shape index (κ3) is 2.56. The van der Waals surface area contributed by atoms with Crippen LogP contribution in [0.15, 0.2) is 47.4 Å². The van der Waals surface area contributed by atoms with Gasteiger partial charge in [0.2, 0.25) is 0 Å². The molecule has 2 N–H and O–H groups in total. The number of benzene rings is 2. The van der Waals surface area contributed by atoms with Crippen molar-refractivity contribution in [2.24, 2.45) is 0 Å². The molecule has 0 bridgehead atoms. The number of anilines is 1. The lowest BCUT2D eigenvalue weighted by molar-refractivity contribution is 0.595. The fourth-order valence-electron chi connectivity index (χ4n) is 2.73. The minimum absolute atomic E-state index is 0.00315. The van der Waals surface area contributed by atoms with Gasteiger partial charge in [-0.25, -0.2) is 8.42 Å². The number of sulfone groups is 1. The third-order valence-electron chi connectivity index (χ3n) is 3.74. The summed E-state index contributed by atoms with van der Waals surface area (Å²) in [5.74, 6) is -0.00315.